The Hall–Kier alpha value is -1.59. The number of carbonyl (C=O) groups is 2. The molecule has 0 heterocycles. The Bertz CT molecular complexity index is 461. The number of amides is 1. The molecule has 18 heavy (non-hydrogen) atoms. The first-order valence-corrected chi connectivity index (χ1v) is 5.74. The minimum Gasteiger partial charge on any atom is -0.480 e. The molecule has 5 nitrogen and oxygen atoms in total. The number of rotatable bonds is 5. The summed E-state index contributed by atoms with van der Waals surface area (Å²) < 4.78 is 0. The summed E-state index contributed by atoms with van der Waals surface area (Å²) in [6, 6.07) is 3.74. The molecular formula is C12H14ClNO4. The van der Waals surface area contributed by atoms with Crippen molar-refractivity contribution < 1.29 is 19.8 Å². The molecule has 0 spiro atoms. The lowest BCUT2D eigenvalue weighted by atomic mass is 10.1. The number of carboxylic acids is 1. The van der Waals surface area contributed by atoms with Gasteiger partial charge >= 0.3 is 5.97 Å². The van der Waals surface area contributed by atoms with Crippen molar-refractivity contribution >= 4 is 23.5 Å². The van der Waals surface area contributed by atoms with Crippen molar-refractivity contribution in [3.63, 3.8) is 0 Å². The Morgan fingerprint density at radius 2 is 2.11 bits per heavy atom. The quantitative estimate of drug-likeness (QED) is 0.751. The van der Waals surface area contributed by atoms with Gasteiger partial charge in [-0.2, -0.15) is 0 Å². The predicted octanol–water partition coefficient (Wildman–Crippen LogP) is 1.21. The normalized spacial score (nSPS) is 11.9. The molecule has 98 valence electrons. The van der Waals surface area contributed by atoms with Gasteiger partial charge in [-0.05, 0) is 24.6 Å². The van der Waals surface area contributed by atoms with Crippen molar-refractivity contribution in [3.05, 3.63) is 34.3 Å². The molecule has 1 amide bonds. The van der Waals surface area contributed by atoms with E-state index in [0.717, 1.165) is 5.56 Å². The smallest absolute Gasteiger partial charge is 0.326 e. The van der Waals surface area contributed by atoms with Crippen LogP contribution < -0.4 is 5.32 Å². The van der Waals surface area contributed by atoms with Crippen LogP contribution in [0.25, 0.3) is 0 Å². The van der Waals surface area contributed by atoms with Gasteiger partial charge in [0.15, 0.2) is 0 Å². The van der Waals surface area contributed by atoms with Gasteiger partial charge in [-0.3, -0.25) is 4.79 Å². The van der Waals surface area contributed by atoms with Gasteiger partial charge < -0.3 is 15.5 Å². The maximum Gasteiger partial charge on any atom is 0.326 e. The van der Waals surface area contributed by atoms with Gasteiger partial charge in [0.25, 0.3) is 5.91 Å². The number of benzene rings is 1. The monoisotopic (exact) mass is 271 g/mol. The summed E-state index contributed by atoms with van der Waals surface area (Å²) in [6.45, 7) is 1.51. The first-order chi connectivity index (χ1) is 8.45. The van der Waals surface area contributed by atoms with E-state index in [9.17, 15) is 9.59 Å². The molecule has 0 aliphatic carbocycles. The number of aliphatic carboxylic acids is 1. The van der Waals surface area contributed by atoms with Crippen LogP contribution in [0.1, 0.15) is 22.3 Å². The zero-order valence-corrected chi connectivity index (χ0v) is 10.6. The largest absolute Gasteiger partial charge is 0.480 e. The van der Waals surface area contributed by atoms with Gasteiger partial charge in [-0.1, -0.05) is 17.7 Å². The third kappa shape index (κ3) is 3.72. The molecule has 1 aromatic carbocycles. The number of aryl methyl sites for hydroxylation is 1. The molecule has 0 saturated heterocycles. The highest BCUT2D eigenvalue weighted by molar-refractivity contribution is 6.33. The molecule has 1 rings (SSSR count). The summed E-state index contributed by atoms with van der Waals surface area (Å²) in [5, 5.41) is 20.1. The molecule has 0 aliphatic rings. The van der Waals surface area contributed by atoms with Gasteiger partial charge in [-0.25, -0.2) is 4.79 Å². The van der Waals surface area contributed by atoms with E-state index in [2.05, 4.69) is 5.32 Å². The molecule has 1 aromatic rings. The van der Waals surface area contributed by atoms with Crippen molar-refractivity contribution in [2.24, 2.45) is 0 Å². The maximum atomic E-state index is 11.8. The Labute approximate surface area is 109 Å². The second-order valence-corrected chi connectivity index (χ2v) is 4.27. The average Bonchev–Trinajstić information content (AvgIpc) is 2.27. The first-order valence-electron chi connectivity index (χ1n) is 5.36. The number of hydrogen-bond donors (Lipinski definition) is 3. The van der Waals surface area contributed by atoms with Crippen LogP contribution in [-0.2, 0) is 4.79 Å². The molecule has 6 heteroatoms. The van der Waals surface area contributed by atoms with Crippen molar-refractivity contribution in [3.8, 4) is 0 Å². The number of aliphatic hydroxyl groups excluding tert-OH is 1. The maximum absolute atomic E-state index is 11.8. The van der Waals surface area contributed by atoms with Crippen LogP contribution in [0.5, 0.6) is 0 Å². The Morgan fingerprint density at radius 3 is 2.61 bits per heavy atom. The molecule has 0 aliphatic heterocycles. The number of nitrogens with one attached hydrogen (secondary N) is 1. The fourth-order valence-corrected chi connectivity index (χ4v) is 1.75. The van der Waals surface area contributed by atoms with Crippen molar-refractivity contribution in [2.45, 2.75) is 19.4 Å². The van der Waals surface area contributed by atoms with E-state index < -0.39 is 17.9 Å². The van der Waals surface area contributed by atoms with E-state index in [1.165, 1.54) is 6.07 Å². The first kappa shape index (κ1) is 14.5. The second-order valence-electron chi connectivity index (χ2n) is 3.86. The third-order valence-corrected chi connectivity index (χ3v) is 2.70. The van der Waals surface area contributed by atoms with Gasteiger partial charge in [0.05, 0.1) is 10.6 Å². The number of halogens is 1. The van der Waals surface area contributed by atoms with E-state index in [4.69, 9.17) is 21.8 Å². The molecule has 3 N–H and O–H groups in total. The highest BCUT2D eigenvalue weighted by Crippen LogP contribution is 2.17. The third-order valence-electron chi connectivity index (χ3n) is 2.39. The molecule has 0 aromatic heterocycles. The summed E-state index contributed by atoms with van der Waals surface area (Å²) in [5.74, 6) is -1.76. The lowest BCUT2D eigenvalue weighted by Gasteiger charge is -2.14. The van der Waals surface area contributed by atoms with E-state index in [1.807, 2.05) is 6.92 Å². The van der Waals surface area contributed by atoms with Gasteiger partial charge in [-0.15, -0.1) is 0 Å². The summed E-state index contributed by atoms with van der Waals surface area (Å²) in [5.41, 5.74) is 1.12. The Kier molecular flexibility index (Phi) is 5.12. The van der Waals surface area contributed by atoms with Crippen LogP contribution in [-0.4, -0.2) is 34.7 Å². The van der Waals surface area contributed by atoms with Crippen molar-refractivity contribution in [1.82, 2.24) is 5.32 Å². The Morgan fingerprint density at radius 1 is 1.44 bits per heavy atom. The summed E-state index contributed by atoms with van der Waals surface area (Å²) in [7, 11) is 0. The highest BCUT2D eigenvalue weighted by Gasteiger charge is 2.21. The van der Waals surface area contributed by atoms with Crippen LogP contribution in [0.4, 0.5) is 0 Å². The number of hydrogen-bond acceptors (Lipinski definition) is 3. The Balaban J connectivity index is 2.83. The lowest BCUT2D eigenvalue weighted by Crippen LogP contribution is -2.41. The predicted molar refractivity (Wildman–Crippen MR) is 66.8 cm³/mol. The summed E-state index contributed by atoms with van der Waals surface area (Å²) in [6.07, 6.45) is -0.0510. The van der Waals surface area contributed by atoms with Crippen LogP contribution in [0.15, 0.2) is 18.2 Å². The summed E-state index contributed by atoms with van der Waals surface area (Å²) >= 11 is 5.91. The topological polar surface area (TPSA) is 86.6 Å². The molecule has 0 radical (unpaired) electrons. The van der Waals surface area contributed by atoms with Crippen LogP contribution in [0.2, 0.25) is 5.02 Å². The number of carbonyl (C=O) groups excluding carboxylic acids is 1. The minimum absolute atomic E-state index is 0.0510. The average molecular weight is 272 g/mol. The van der Waals surface area contributed by atoms with Crippen molar-refractivity contribution in [1.29, 1.82) is 0 Å². The fourth-order valence-electron chi connectivity index (χ4n) is 1.43. The second kappa shape index (κ2) is 6.37. The zero-order chi connectivity index (χ0) is 13.7. The molecule has 0 unspecified atom stereocenters. The van der Waals surface area contributed by atoms with Crippen LogP contribution >= 0.6 is 11.6 Å². The van der Waals surface area contributed by atoms with Gasteiger partial charge in [0.1, 0.15) is 6.04 Å². The summed E-state index contributed by atoms with van der Waals surface area (Å²) in [4.78, 5) is 22.7. The molecule has 0 fully saturated rings. The standard InChI is InChI=1S/C12H14ClNO4/c1-7-2-3-8(9(13)6-7)11(16)14-10(4-5-15)12(17)18/h2-3,6,10,15H,4-5H2,1H3,(H,14,16)(H,17,18)/t10-/m0/s1. The molecule has 1 atom stereocenters. The minimum atomic E-state index is -1.19. The molecular weight excluding hydrogens is 258 g/mol. The highest BCUT2D eigenvalue weighted by atomic mass is 35.5. The van der Waals surface area contributed by atoms with Crippen molar-refractivity contribution in [2.75, 3.05) is 6.61 Å². The van der Waals surface area contributed by atoms with E-state index >= 15 is 0 Å². The van der Waals surface area contributed by atoms with Crippen LogP contribution in [0.3, 0.4) is 0 Å². The lowest BCUT2D eigenvalue weighted by molar-refractivity contribution is -0.139. The molecule has 0 saturated carbocycles. The van der Waals surface area contributed by atoms with E-state index in [-0.39, 0.29) is 23.6 Å². The fraction of sp³-hybridized carbons (Fsp3) is 0.333. The number of carboxylic acid groups (broad SMARTS) is 1. The zero-order valence-electron chi connectivity index (χ0n) is 9.81. The van der Waals surface area contributed by atoms with Gasteiger partial charge in [0, 0.05) is 13.0 Å². The van der Waals surface area contributed by atoms with Crippen LogP contribution in [0, 0.1) is 6.92 Å². The van der Waals surface area contributed by atoms with E-state index in [0.29, 0.717) is 0 Å². The van der Waals surface area contributed by atoms with E-state index in [1.54, 1.807) is 12.1 Å². The SMILES string of the molecule is Cc1ccc(C(=O)N[C@@H](CCO)C(=O)O)c(Cl)c1. The van der Waals surface area contributed by atoms with Gasteiger partial charge in [0.2, 0.25) is 0 Å². The molecule has 0 bridgehead atoms. The number of aliphatic hydroxyl groups is 1.